The van der Waals surface area contributed by atoms with Crippen molar-refractivity contribution in [3.8, 4) is 0 Å². The van der Waals surface area contributed by atoms with E-state index in [9.17, 15) is 9.90 Å². The Morgan fingerprint density at radius 2 is 2.22 bits per heavy atom. The van der Waals surface area contributed by atoms with Crippen molar-refractivity contribution in [1.82, 2.24) is 5.32 Å². The summed E-state index contributed by atoms with van der Waals surface area (Å²) < 4.78 is 0.759. The molecule has 1 aromatic carbocycles. The monoisotopic (exact) mass is 331 g/mol. The van der Waals surface area contributed by atoms with Crippen molar-refractivity contribution in [3.63, 3.8) is 0 Å². The van der Waals surface area contributed by atoms with Crippen molar-refractivity contribution >= 4 is 33.6 Å². The summed E-state index contributed by atoms with van der Waals surface area (Å²) in [5, 5.41) is 12.7. The molecule has 0 fully saturated rings. The zero-order chi connectivity index (χ0) is 13.8. The number of amides is 1. The molecule has 1 rings (SSSR count). The minimum atomic E-state index is -0.884. The van der Waals surface area contributed by atoms with E-state index in [0.717, 1.165) is 10.0 Å². The molecule has 0 aliphatic heterocycles. The van der Waals surface area contributed by atoms with Crippen LogP contribution in [0.3, 0.4) is 0 Å². The molecule has 2 N–H and O–H groups in total. The van der Waals surface area contributed by atoms with Crippen molar-refractivity contribution in [1.29, 1.82) is 0 Å². The second-order valence-electron chi connectivity index (χ2n) is 4.60. The first-order chi connectivity index (χ1) is 8.35. The highest BCUT2D eigenvalue weighted by molar-refractivity contribution is 9.10. The van der Waals surface area contributed by atoms with Crippen LogP contribution in [-0.4, -0.2) is 35.2 Å². The summed E-state index contributed by atoms with van der Waals surface area (Å²) in [7, 11) is 0. The Morgan fingerprint density at radius 3 is 2.83 bits per heavy atom. The number of thioether (sulfide) groups is 1. The summed E-state index contributed by atoms with van der Waals surface area (Å²) in [6.45, 7) is 3.90. The van der Waals surface area contributed by atoms with E-state index in [4.69, 9.17) is 0 Å². The molecule has 0 heterocycles. The van der Waals surface area contributed by atoms with E-state index >= 15 is 0 Å². The molecule has 1 unspecified atom stereocenters. The predicted molar refractivity (Wildman–Crippen MR) is 80.2 cm³/mol. The quantitative estimate of drug-likeness (QED) is 0.871. The molecule has 0 spiro atoms. The largest absolute Gasteiger partial charge is 0.387 e. The van der Waals surface area contributed by atoms with Crippen LogP contribution in [0.5, 0.6) is 0 Å². The molecule has 1 amide bonds. The average Bonchev–Trinajstić information content (AvgIpc) is 2.29. The third-order valence-electron chi connectivity index (χ3n) is 2.45. The number of carbonyl (C=O) groups excluding carboxylic acids is 1. The minimum absolute atomic E-state index is 0.174. The summed E-state index contributed by atoms with van der Waals surface area (Å²) >= 11 is 4.91. The number of hydrogen-bond acceptors (Lipinski definition) is 3. The molecule has 0 saturated heterocycles. The third kappa shape index (κ3) is 4.63. The standard InChI is InChI=1S/C13H18BrNO2S/c1-9-4-5-11(14)10(6-9)12(16)15-7-13(2,17)8-18-3/h4-6,17H,7-8H2,1-3H3,(H,15,16). The molecule has 0 aliphatic carbocycles. The fraction of sp³-hybridized carbons (Fsp3) is 0.462. The second kappa shape index (κ2) is 6.59. The van der Waals surface area contributed by atoms with Gasteiger partial charge in [0.15, 0.2) is 0 Å². The van der Waals surface area contributed by atoms with Crippen molar-refractivity contribution in [2.75, 3.05) is 18.6 Å². The molecule has 0 bridgehead atoms. The summed E-state index contributed by atoms with van der Waals surface area (Å²) in [6.07, 6.45) is 1.92. The molecule has 0 aliphatic rings. The zero-order valence-corrected chi connectivity index (χ0v) is 13.2. The highest BCUT2D eigenvalue weighted by atomic mass is 79.9. The van der Waals surface area contributed by atoms with Crippen LogP contribution in [0, 0.1) is 6.92 Å². The average molecular weight is 332 g/mol. The van der Waals surface area contributed by atoms with Crippen LogP contribution in [0.15, 0.2) is 22.7 Å². The van der Waals surface area contributed by atoms with E-state index in [1.54, 1.807) is 18.7 Å². The van der Waals surface area contributed by atoms with Gasteiger partial charge in [-0.2, -0.15) is 11.8 Å². The maximum Gasteiger partial charge on any atom is 0.252 e. The minimum Gasteiger partial charge on any atom is -0.387 e. The van der Waals surface area contributed by atoms with E-state index < -0.39 is 5.60 Å². The lowest BCUT2D eigenvalue weighted by molar-refractivity contribution is 0.0724. The predicted octanol–water partition coefficient (Wildman–Crippen LogP) is 2.60. The van der Waals surface area contributed by atoms with Gasteiger partial charge in [-0.25, -0.2) is 0 Å². The van der Waals surface area contributed by atoms with Gasteiger partial charge in [0.05, 0.1) is 11.2 Å². The topological polar surface area (TPSA) is 49.3 Å². The van der Waals surface area contributed by atoms with Crippen LogP contribution in [0.4, 0.5) is 0 Å². The van der Waals surface area contributed by atoms with Crippen LogP contribution in [0.25, 0.3) is 0 Å². The number of benzene rings is 1. The number of aryl methyl sites for hydroxylation is 1. The van der Waals surface area contributed by atoms with Crippen LogP contribution < -0.4 is 5.32 Å². The van der Waals surface area contributed by atoms with Gasteiger partial charge in [0.1, 0.15) is 0 Å². The number of nitrogens with one attached hydrogen (secondary N) is 1. The molecule has 18 heavy (non-hydrogen) atoms. The molecule has 1 atom stereocenters. The highest BCUT2D eigenvalue weighted by Gasteiger charge is 2.21. The van der Waals surface area contributed by atoms with Gasteiger partial charge in [-0.15, -0.1) is 0 Å². The second-order valence-corrected chi connectivity index (χ2v) is 6.32. The van der Waals surface area contributed by atoms with E-state index in [0.29, 0.717) is 11.3 Å². The van der Waals surface area contributed by atoms with Gasteiger partial charge in [-0.3, -0.25) is 4.79 Å². The van der Waals surface area contributed by atoms with Gasteiger partial charge in [-0.1, -0.05) is 11.6 Å². The Bertz CT molecular complexity index is 435. The lowest BCUT2D eigenvalue weighted by Crippen LogP contribution is -2.42. The lowest BCUT2D eigenvalue weighted by Gasteiger charge is -2.22. The normalized spacial score (nSPS) is 14.1. The number of halogens is 1. The first-order valence-electron chi connectivity index (χ1n) is 5.61. The zero-order valence-electron chi connectivity index (χ0n) is 10.8. The Morgan fingerprint density at radius 1 is 1.56 bits per heavy atom. The van der Waals surface area contributed by atoms with Crippen LogP contribution in [0.1, 0.15) is 22.8 Å². The summed E-state index contributed by atoms with van der Waals surface area (Å²) in [5.74, 6) is 0.411. The smallest absolute Gasteiger partial charge is 0.252 e. The van der Waals surface area contributed by atoms with Gasteiger partial charge in [0.2, 0.25) is 0 Å². The highest BCUT2D eigenvalue weighted by Crippen LogP contribution is 2.18. The Labute approximate surface area is 120 Å². The summed E-state index contributed by atoms with van der Waals surface area (Å²) in [4.78, 5) is 12.0. The van der Waals surface area contributed by atoms with Crippen molar-refractivity contribution in [2.24, 2.45) is 0 Å². The molecule has 0 aromatic heterocycles. The number of hydrogen-bond donors (Lipinski definition) is 2. The number of carbonyl (C=O) groups is 1. The Kier molecular flexibility index (Phi) is 5.69. The lowest BCUT2D eigenvalue weighted by atomic mass is 10.1. The molecule has 3 nitrogen and oxygen atoms in total. The number of aliphatic hydroxyl groups is 1. The summed E-state index contributed by atoms with van der Waals surface area (Å²) in [6, 6.07) is 5.61. The molecule has 0 saturated carbocycles. The molecular formula is C13H18BrNO2S. The molecule has 5 heteroatoms. The molecule has 1 aromatic rings. The van der Waals surface area contributed by atoms with Crippen molar-refractivity contribution < 1.29 is 9.90 Å². The number of rotatable bonds is 5. The van der Waals surface area contributed by atoms with E-state index in [1.165, 1.54) is 0 Å². The van der Waals surface area contributed by atoms with Crippen molar-refractivity contribution in [3.05, 3.63) is 33.8 Å². The third-order valence-corrected chi connectivity index (χ3v) is 4.05. The first kappa shape index (κ1) is 15.5. The van der Waals surface area contributed by atoms with Gasteiger partial charge >= 0.3 is 0 Å². The van der Waals surface area contributed by atoms with Crippen LogP contribution in [0.2, 0.25) is 0 Å². The molecule has 0 radical (unpaired) electrons. The van der Waals surface area contributed by atoms with E-state index in [1.807, 2.05) is 31.4 Å². The SMILES string of the molecule is CSCC(C)(O)CNC(=O)c1cc(C)ccc1Br. The molecular weight excluding hydrogens is 314 g/mol. The fourth-order valence-electron chi connectivity index (χ4n) is 1.54. The van der Waals surface area contributed by atoms with Crippen LogP contribution >= 0.6 is 27.7 Å². The van der Waals surface area contributed by atoms with Crippen molar-refractivity contribution in [2.45, 2.75) is 19.4 Å². The Balaban J connectivity index is 2.69. The van der Waals surface area contributed by atoms with E-state index in [-0.39, 0.29) is 12.5 Å². The van der Waals surface area contributed by atoms with Gasteiger partial charge in [-0.05, 0) is 48.2 Å². The fourth-order valence-corrected chi connectivity index (χ4v) is 2.69. The van der Waals surface area contributed by atoms with E-state index in [2.05, 4.69) is 21.2 Å². The summed E-state index contributed by atoms with van der Waals surface area (Å²) in [5.41, 5.74) is 0.736. The maximum atomic E-state index is 12.0. The van der Waals surface area contributed by atoms with Gasteiger partial charge < -0.3 is 10.4 Å². The van der Waals surface area contributed by atoms with Crippen LogP contribution in [-0.2, 0) is 0 Å². The van der Waals surface area contributed by atoms with Gasteiger partial charge in [0.25, 0.3) is 5.91 Å². The molecule has 100 valence electrons. The van der Waals surface area contributed by atoms with Gasteiger partial charge in [0, 0.05) is 16.8 Å². The first-order valence-corrected chi connectivity index (χ1v) is 7.80. The Hall–Kier alpha value is -0.520. The maximum absolute atomic E-state index is 12.0.